The summed E-state index contributed by atoms with van der Waals surface area (Å²) in [5.74, 6) is -0.909. The van der Waals surface area contributed by atoms with Crippen LogP contribution >= 0.6 is 31.9 Å². The molecule has 5 atom stereocenters. The third-order valence-electron chi connectivity index (χ3n) is 7.33. The SMILES string of the molecule is CC/C=C\C/C=C\C[C@@H](/C=C/[C@@H](OC(=O)c1ccc(Br)cc1)[C@H]1C[C@@H]1[C@H]1CCCC(=O)O1)OC(=O)c1ccc(Br)cc1. The van der Waals surface area contributed by atoms with Crippen LogP contribution in [0.25, 0.3) is 0 Å². The number of carbonyl (C=O) groups is 3. The molecule has 1 saturated heterocycles. The van der Waals surface area contributed by atoms with Crippen molar-refractivity contribution in [3.8, 4) is 0 Å². The molecule has 1 aliphatic heterocycles. The van der Waals surface area contributed by atoms with Gasteiger partial charge in [-0.25, -0.2) is 9.59 Å². The fourth-order valence-electron chi connectivity index (χ4n) is 4.98. The summed E-state index contributed by atoms with van der Waals surface area (Å²) >= 11 is 6.79. The van der Waals surface area contributed by atoms with Gasteiger partial charge in [0.2, 0.25) is 0 Å². The molecular formula is C34H36Br2O6. The Balaban J connectivity index is 1.51. The van der Waals surface area contributed by atoms with Gasteiger partial charge in [-0.15, -0.1) is 0 Å². The van der Waals surface area contributed by atoms with Gasteiger partial charge in [0, 0.05) is 33.6 Å². The summed E-state index contributed by atoms with van der Waals surface area (Å²) in [6.45, 7) is 2.09. The van der Waals surface area contributed by atoms with Crippen LogP contribution in [-0.4, -0.2) is 36.2 Å². The maximum Gasteiger partial charge on any atom is 0.338 e. The number of benzene rings is 2. The number of hydrogen-bond donors (Lipinski definition) is 0. The Labute approximate surface area is 264 Å². The first kappa shape index (κ1) is 32.0. The normalized spacial score (nSPS) is 21.8. The first-order chi connectivity index (χ1) is 20.3. The van der Waals surface area contributed by atoms with E-state index < -0.39 is 24.1 Å². The minimum absolute atomic E-state index is 0.00842. The molecule has 1 aliphatic carbocycles. The van der Waals surface area contributed by atoms with E-state index in [1.165, 1.54) is 0 Å². The minimum Gasteiger partial charge on any atom is -0.462 e. The molecule has 1 heterocycles. The lowest BCUT2D eigenvalue weighted by Gasteiger charge is -2.24. The molecule has 42 heavy (non-hydrogen) atoms. The molecule has 1 saturated carbocycles. The van der Waals surface area contributed by atoms with Crippen LogP contribution in [0.3, 0.4) is 0 Å². The first-order valence-corrected chi connectivity index (χ1v) is 16.0. The lowest BCUT2D eigenvalue weighted by atomic mass is 10.0. The van der Waals surface area contributed by atoms with Crippen LogP contribution in [-0.2, 0) is 19.0 Å². The third kappa shape index (κ3) is 9.80. The summed E-state index contributed by atoms with van der Waals surface area (Å²) in [5, 5.41) is 0. The highest BCUT2D eigenvalue weighted by atomic mass is 79.9. The van der Waals surface area contributed by atoms with E-state index in [-0.39, 0.29) is 23.9 Å². The number of rotatable bonds is 13. The molecule has 0 radical (unpaired) electrons. The van der Waals surface area contributed by atoms with Gasteiger partial charge in [0.1, 0.15) is 18.3 Å². The number of cyclic esters (lactones) is 1. The zero-order valence-electron chi connectivity index (χ0n) is 23.6. The molecule has 0 unspecified atom stereocenters. The standard InChI is InChI=1S/C34H36Br2O6/c1-2-3-4-5-6-7-9-27(40-33(38)23-12-16-25(35)17-13-23)20-21-31(42-34(39)24-14-18-26(36)19-15-24)29-22-28(29)30-10-8-11-32(37)41-30/h3-4,6-7,12-21,27-31H,2,5,8-11,22H2,1H3/b4-3-,7-6-,21-20+/t27-,28-,29-,30+,31+/m0/s1. The van der Waals surface area contributed by atoms with Gasteiger partial charge >= 0.3 is 17.9 Å². The molecule has 6 nitrogen and oxygen atoms in total. The van der Waals surface area contributed by atoms with Crippen LogP contribution in [0.1, 0.15) is 72.6 Å². The van der Waals surface area contributed by atoms with Crippen LogP contribution in [0.5, 0.6) is 0 Å². The van der Waals surface area contributed by atoms with Crippen molar-refractivity contribution in [1.29, 1.82) is 0 Å². The van der Waals surface area contributed by atoms with Crippen molar-refractivity contribution in [1.82, 2.24) is 0 Å². The van der Waals surface area contributed by atoms with Crippen LogP contribution in [0, 0.1) is 11.8 Å². The molecule has 8 heteroatoms. The van der Waals surface area contributed by atoms with E-state index in [1.807, 2.05) is 24.3 Å². The largest absolute Gasteiger partial charge is 0.462 e. The number of allylic oxidation sites excluding steroid dienone is 3. The highest BCUT2D eigenvalue weighted by Gasteiger charge is 2.50. The van der Waals surface area contributed by atoms with Crippen molar-refractivity contribution in [3.63, 3.8) is 0 Å². The molecule has 0 aromatic heterocycles. The molecule has 2 fully saturated rings. The van der Waals surface area contributed by atoms with Crippen molar-refractivity contribution >= 4 is 49.8 Å². The zero-order valence-corrected chi connectivity index (χ0v) is 26.8. The van der Waals surface area contributed by atoms with Gasteiger partial charge in [0.25, 0.3) is 0 Å². The monoisotopic (exact) mass is 698 g/mol. The van der Waals surface area contributed by atoms with Crippen molar-refractivity contribution in [2.24, 2.45) is 11.8 Å². The van der Waals surface area contributed by atoms with Crippen molar-refractivity contribution < 1.29 is 28.6 Å². The van der Waals surface area contributed by atoms with Crippen molar-refractivity contribution in [2.75, 3.05) is 0 Å². The Morgan fingerprint density at radius 3 is 2.14 bits per heavy atom. The average molecular weight is 700 g/mol. The topological polar surface area (TPSA) is 78.9 Å². The molecule has 0 N–H and O–H groups in total. The lowest BCUT2D eigenvalue weighted by Crippen LogP contribution is -2.28. The van der Waals surface area contributed by atoms with E-state index in [2.05, 4.69) is 50.9 Å². The van der Waals surface area contributed by atoms with E-state index in [1.54, 1.807) is 48.5 Å². The average Bonchev–Trinajstić information content (AvgIpc) is 3.78. The molecule has 2 aliphatic rings. The Bertz CT molecular complexity index is 1300. The third-order valence-corrected chi connectivity index (χ3v) is 8.39. The summed E-state index contributed by atoms with van der Waals surface area (Å²) in [6, 6.07) is 14.0. The van der Waals surface area contributed by atoms with E-state index in [4.69, 9.17) is 14.2 Å². The van der Waals surface area contributed by atoms with Gasteiger partial charge in [-0.2, -0.15) is 0 Å². The Morgan fingerprint density at radius 2 is 1.52 bits per heavy atom. The first-order valence-electron chi connectivity index (χ1n) is 14.4. The number of hydrogen-bond acceptors (Lipinski definition) is 6. The molecule has 0 bridgehead atoms. The van der Waals surface area contributed by atoms with E-state index in [0.717, 1.165) is 41.0 Å². The zero-order chi connectivity index (χ0) is 29.9. The molecule has 0 spiro atoms. The van der Waals surface area contributed by atoms with Crippen LogP contribution in [0.4, 0.5) is 0 Å². The van der Waals surface area contributed by atoms with Gasteiger partial charge in [0.15, 0.2) is 0 Å². The predicted octanol–water partition coefficient (Wildman–Crippen LogP) is 8.55. The van der Waals surface area contributed by atoms with Crippen LogP contribution < -0.4 is 0 Å². The number of ether oxygens (including phenoxy) is 3. The molecule has 0 amide bonds. The highest BCUT2D eigenvalue weighted by molar-refractivity contribution is 9.10. The van der Waals surface area contributed by atoms with E-state index in [9.17, 15) is 14.4 Å². The maximum absolute atomic E-state index is 13.1. The smallest absolute Gasteiger partial charge is 0.338 e. The Hall–Kier alpha value is -2.97. The molecular weight excluding hydrogens is 664 g/mol. The van der Waals surface area contributed by atoms with E-state index in [0.29, 0.717) is 24.0 Å². The summed E-state index contributed by atoms with van der Waals surface area (Å²) in [6.07, 6.45) is 15.7. The minimum atomic E-state index is -0.564. The highest BCUT2D eigenvalue weighted by Crippen LogP contribution is 2.48. The summed E-state index contributed by atoms with van der Waals surface area (Å²) in [4.78, 5) is 38.0. The van der Waals surface area contributed by atoms with Gasteiger partial charge < -0.3 is 14.2 Å². The maximum atomic E-state index is 13.1. The van der Waals surface area contributed by atoms with Crippen LogP contribution in [0.15, 0.2) is 93.9 Å². The quantitative estimate of drug-likeness (QED) is 0.118. The second-order valence-corrected chi connectivity index (χ2v) is 12.4. The fraction of sp³-hybridized carbons (Fsp3) is 0.382. The molecule has 2 aromatic rings. The van der Waals surface area contributed by atoms with Crippen LogP contribution in [0.2, 0.25) is 0 Å². The van der Waals surface area contributed by atoms with Crippen molar-refractivity contribution in [3.05, 3.63) is 105 Å². The summed E-state index contributed by atoms with van der Waals surface area (Å²) in [7, 11) is 0. The van der Waals surface area contributed by atoms with Crippen molar-refractivity contribution in [2.45, 2.75) is 70.2 Å². The fourth-order valence-corrected chi connectivity index (χ4v) is 5.51. The number of esters is 3. The van der Waals surface area contributed by atoms with E-state index >= 15 is 0 Å². The number of carbonyl (C=O) groups excluding carboxylic acids is 3. The lowest BCUT2D eigenvalue weighted by molar-refractivity contribution is -0.155. The van der Waals surface area contributed by atoms with Gasteiger partial charge in [0.05, 0.1) is 11.1 Å². The Kier molecular flexibility index (Phi) is 12.2. The second kappa shape index (κ2) is 16.0. The van der Waals surface area contributed by atoms with Gasteiger partial charge in [-0.1, -0.05) is 63.1 Å². The molecule has 2 aromatic carbocycles. The number of halogens is 2. The second-order valence-electron chi connectivity index (χ2n) is 10.5. The summed E-state index contributed by atoms with van der Waals surface area (Å²) in [5.41, 5.74) is 0.894. The molecule has 4 rings (SSSR count). The van der Waals surface area contributed by atoms with Gasteiger partial charge in [-0.3, -0.25) is 4.79 Å². The summed E-state index contributed by atoms with van der Waals surface area (Å²) < 4.78 is 19.3. The van der Waals surface area contributed by atoms with Gasteiger partial charge in [-0.05, 0) is 92.8 Å². The molecule has 222 valence electrons. The predicted molar refractivity (Wildman–Crippen MR) is 169 cm³/mol. The Morgan fingerprint density at radius 1 is 0.905 bits per heavy atom.